The Balaban J connectivity index is 1.18. The van der Waals surface area contributed by atoms with Crippen molar-refractivity contribution in [3.8, 4) is 5.75 Å². The van der Waals surface area contributed by atoms with Gasteiger partial charge in [0.15, 0.2) is 6.23 Å². The number of hydrogen-bond acceptors (Lipinski definition) is 6. The largest absolute Gasteiger partial charge is 0.469 e. The maximum absolute atomic E-state index is 13.9. The van der Waals surface area contributed by atoms with Gasteiger partial charge in [-0.05, 0) is 55.0 Å². The summed E-state index contributed by atoms with van der Waals surface area (Å²) in [6.45, 7) is 12.8. The number of ether oxygens (including phenoxy) is 2. The van der Waals surface area contributed by atoms with E-state index in [0.29, 0.717) is 44.8 Å². The summed E-state index contributed by atoms with van der Waals surface area (Å²) in [5, 5.41) is 0. The van der Waals surface area contributed by atoms with E-state index in [0.717, 1.165) is 48.3 Å². The first kappa shape index (κ1) is 34.0. The molecule has 4 amide bonds. The molecule has 2 heterocycles. The Hall–Kier alpha value is -4.37. The Labute approximate surface area is 279 Å². The molecule has 0 saturated carbocycles. The van der Waals surface area contributed by atoms with Crippen molar-refractivity contribution in [2.45, 2.75) is 72.9 Å². The van der Waals surface area contributed by atoms with E-state index in [2.05, 4.69) is 4.90 Å². The highest BCUT2D eigenvalue weighted by Gasteiger charge is 2.63. The first-order valence-electron chi connectivity index (χ1n) is 16.9. The Morgan fingerprint density at radius 1 is 0.830 bits per heavy atom. The molecule has 3 aromatic carbocycles. The maximum Gasteiger partial charge on any atom is 0.410 e. The molecule has 5 rings (SSSR count). The lowest BCUT2D eigenvalue weighted by atomic mass is 9.72. The zero-order chi connectivity index (χ0) is 33.4. The molecule has 0 spiro atoms. The monoisotopic (exact) mass is 640 g/mol. The topological polar surface area (TPSA) is 82.6 Å². The van der Waals surface area contributed by atoms with Crippen LogP contribution in [0.2, 0.25) is 0 Å². The average molecular weight is 641 g/mol. The number of aryl methyl sites for hydroxylation is 1. The Bertz CT molecular complexity index is 1480. The van der Waals surface area contributed by atoms with Gasteiger partial charge in [-0.1, -0.05) is 93.1 Å². The van der Waals surface area contributed by atoms with E-state index in [1.165, 1.54) is 4.90 Å². The summed E-state index contributed by atoms with van der Waals surface area (Å²) in [6, 6.07) is 25.4. The number of nitrogens with zero attached hydrogens (tertiary/aromatic N) is 4. The van der Waals surface area contributed by atoms with Crippen LogP contribution in [0, 0.1) is 12.3 Å². The number of carbonyl (C=O) groups excluding carboxylic acids is 3. The number of hydrogen-bond donors (Lipinski definition) is 0. The van der Waals surface area contributed by atoms with Crippen LogP contribution in [0.5, 0.6) is 5.75 Å². The van der Waals surface area contributed by atoms with E-state index in [9.17, 15) is 14.4 Å². The minimum atomic E-state index is -0.738. The van der Waals surface area contributed by atoms with Crippen LogP contribution in [0.1, 0.15) is 62.3 Å². The molecule has 0 N–H and O–H groups in total. The molecule has 2 aliphatic rings. The van der Waals surface area contributed by atoms with E-state index in [1.54, 1.807) is 9.80 Å². The highest BCUT2D eigenvalue weighted by molar-refractivity contribution is 6.03. The lowest BCUT2D eigenvalue weighted by Crippen LogP contribution is -2.73. The highest BCUT2D eigenvalue weighted by atomic mass is 16.6. The third-order valence-electron chi connectivity index (χ3n) is 9.49. The number of amides is 4. The van der Waals surface area contributed by atoms with Gasteiger partial charge in [0.1, 0.15) is 17.8 Å². The molecule has 250 valence electrons. The van der Waals surface area contributed by atoms with Crippen molar-refractivity contribution in [3.05, 3.63) is 101 Å². The molecular formula is C38H48N4O5. The predicted octanol–water partition coefficient (Wildman–Crippen LogP) is 6.84. The van der Waals surface area contributed by atoms with Crippen LogP contribution in [-0.2, 0) is 29.2 Å². The second-order valence-corrected chi connectivity index (χ2v) is 12.6. The van der Waals surface area contributed by atoms with Gasteiger partial charge in [0.05, 0.1) is 0 Å². The molecule has 9 heteroatoms. The van der Waals surface area contributed by atoms with Gasteiger partial charge in [-0.15, -0.1) is 0 Å². The molecular weight excluding hydrogens is 592 g/mol. The van der Waals surface area contributed by atoms with Crippen molar-refractivity contribution >= 4 is 18.0 Å². The molecule has 3 aromatic rings. The molecule has 9 nitrogen and oxygen atoms in total. The van der Waals surface area contributed by atoms with E-state index in [-0.39, 0.29) is 24.6 Å². The lowest BCUT2D eigenvalue weighted by molar-refractivity contribution is -0.192. The summed E-state index contributed by atoms with van der Waals surface area (Å²) in [7, 11) is 0. The number of benzene rings is 3. The normalized spacial score (nSPS) is 17.6. The number of piperazine rings is 1. The number of carbonyl (C=O) groups is 3. The third-order valence-corrected chi connectivity index (χ3v) is 9.49. The molecule has 2 fully saturated rings. The van der Waals surface area contributed by atoms with Crippen molar-refractivity contribution in [2.75, 3.05) is 32.7 Å². The molecule has 1 unspecified atom stereocenters. The van der Waals surface area contributed by atoms with Gasteiger partial charge in [-0.25, -0.2) is 14.5 Å². The van der Waals surface area contributed by atoms with Crippen molar-refractivity contribution < 1.29 is 23.9 Å². The molecule has 2 aliphatic heterocycles. The quantitative estimate of drug-likeness (QED) is 0.202. The highest BCUT2D eigenvalue weighted by Crippen LogP contribution is 2.46. The predicted molar refractivity (Wildman–Crippen MR) is 181 cm³/mol. The number of rotatable bonds is 12. The summed E-state index contributed by atoms with van der Waals surface area (Å²) < 4.78 is 12.0. The first-order valence-corrected chi connectivity index (χ1v) is 16.9. The van der Waals surface area contributed by atoms with Gasteiger partial charge >= 0.3 is 12.1 Å². The van der Waals surface area contributed by atoms with Gasteiger partial charge in [0.2, 0.25) is 5.91 Å². The van der Waals surface area contributed by atoms with Crippen molar-refractivity contribution in [1.82, 2.24) is 19.6 Å². The molecule has 1 atom stereocenters. The van der Waals surface area contributed by atoms with Crippen molar-refractivity contribution in [3.63, 3.8) is 0 Å². The molecule has 0 radical (unpaired) electrons. The minimum Gasteiger partial charge on any atom is -0.469 e. The number of β-lactam (4-membered cyclic amide) rings is 1. The van der Waals surface area contributed by atoms with Crippen LogP contribution in [0.3, 0.4) is 0 Å². The van der Waals surface area contributed by atoms with Crippen LogP contribution in [-0.4, -0.2) is 76.6 Å². The van der Waals surface area contributed by atoms with Gasteiger partial charge in [0.25, 0.3) is 0 Å². The fraction of sp³-hybridized carbons (Fsp3) is 0.447. The van der Waals surface area contributed by atoms with Crippen molar-refractivity contribution in [1.29, 1.82) is 0 Å². The second kappa shape index (κ2) is 15.5. The molecule has 47 heavy (non-hydrogen) atoms. The number of urea groups is 1. The number of likely N-dealkylation sites (tertiary alicyclic amines) is 1. The number of imide groups is 1. The zero-order valence-electron chi connectivity index (χ0n) is 28.2. The van der Waals surface area contributed by atoms with Gasteiger partial charge < -0.3 is 19.3 Å². The van der Waals surface area contributed by atoms with E-state index >= 15 is 0 Å². The molecule has 0 aromatic heterocycles. The fourth-order valence-corrected chi connectivity index (χ4v) is 6.43. The SMILES string of the molecule is CCCN(Cc1ccc(C)cc1)C(=O)N1C(=O)C(CC)(CC)C1Oc1ccc(CN2CCN(C(=O)OCc3ccccc3)CC2)cc1. The summed E-state index contributed by atoms with van der Waals surface area (Å²) in [4.78, 5) is 47.2. The summed E-state index contributed by atoms with van der Waals surface area (Å²) >= 11 is 0. The molecule has 0 aliphatic carbocycles. The van der Waals surface area contributed by atoms with Crippen molar-refractivity contribution in [2.24, 2.45) is 5.41 Å². The van der Waals surface area contributed by atoms with Gasteiger partial charge in [-0.2, -0.15) is 0 Å². The van der Waals surface area contributed by atoms with E-state index < -0.39 is 11.6 Å². The van der Waals surface area contributed by atoms with Crippen LogP contribution < -0.4 is 4.74 Å². The van der Waals surface area contributed by atoms with E-state index in [4.69, 9.17) is 9.47 Å². The summed E-state index contributed by atoms with van der Waals surface area (Å²) in [5.74, 6) is 0.462. The Morgan fingerprint density at radius 3 is 2.09 bits per heavy atom. The van der Waals surface area contributed by atoms with Gasteiger partial charge in [-0.3, -0.25) is 9.69 Å². The smallest absolute Gasteiger partial charge is 0.410 e. The van der Waals surface area contributed by atoms with Crippen LogP contribution in [0.15, 0.2) is 78.9 Å². The summed E-state index contributed by atoms with van der Waals surface area (Å²) in [5.41, 5.74) is 3.55. The zero-order valence-corrected chi connectivity index (χ0v) is 28.2. The van der Waals surface area contributed by atoms with Gasteiger partial charge in [0, 0.05) is 45.8 Å². The fourth-order valence-electron chi connectivity index (χ4n) is 6.43. The Kier molecular flexibility index (Phi) is 11.2. The lowest BCUT2D eigenvalue weighted by Gasteiger charge is -2.54. The minimum absolute atomic E-state index is 0.165. The Morgan fingerprint density at radius 2 is 1.47 bits per heavy atom. The van der Waals surface area contributed by atoms with Crippen LogP contribution >= 0.6 is 0 Å². The average Bonchev–Trinajstić information content (AvgIpc) is 3.10. The summed E-state index contributed by atoms with van der Waals surface area (Å²) in [6.07, 6.45) is 1.02. The van der Waals surface area contributed by atoms with Crippen LogP contribution in [0.25, 0.3) is 0 Å². The maximum atomic E-state index is 13.9. The van der Waals surface area contributed by atoms with E-state index in [1.807, 2.05) is 107 Å². The molecule has 2 saturated heterocycles. The standard InChI is InChI=1S/C38H48N4O5/c1-5-21-41(27-31-15-13-29(4)14-16-31)36(44)42-34(43)38(6-2,7-3)35(42)47-33-19-17-30(18-20-33)26-39-22-24-40(25-23-39)37(45)46-28-32-11-9-8-10-12-32/h8-20,35H,5-7,21-28H2,1-4H3. The molecule has 0 bridgehead atoms. The second-order valence-electron chi connectivity index (χ2n) is 12.6. The first-order chi connectivity index (χ1) is 22.8. The van der Waals surface area contributed by atoms with Crippen LogP contribution in [0.4, 0.5) is 9.59 Å². The third kappa shape index (κ3) is 7.79.